The molecule has 4 heterocycles. The van der Waals surface area contributed by atoms with E-state index in [0.717, 1.165) is 63.8 Å². The minimum atomic E-state index is -0.188. The van der Waals surface area contributed by atoms with E-state index in [-0.39, 0.29) is 29.6 Å². The lowest BCUT2D eigenvalue weighted by Crippen LogP contribution is -2.55. The van der Waals surface area contributed by atoms with Gasteiger partial charge in [-0.25, -0.2) is 9.59 Å². The molecule has 5 rings (SSSR count). The molecule has 4 aliphatic rings. The minimum Gasteiger partial charge on any atom is -0.448 e. The second-order valence-corrected chi connectivity index (χ2v) is 10.6. The quantitative estimate of drug-likeness (QED) is 0.506. The highest BCUT2D eigenvalue weighted by Gasteiger charge is 2.50. The van der Waals surface area contributed by atoms with Crippen LogP contribution in [-0.4, -0.2) is 85.3 Å². The Balaban J connectivity index is 1.23. The summed E-state index contributed by atoms with van der Waals surface area (Å²) in [5.41, 5.74) is 2.44. The fourth-order valence-corrected chi connectivity index (χ4v) is 6.80. The molecular weight excluding hydrogens is 428 g/mol. The molecule has 1 spiro atoms. The Hall–Kier alpha value is -2.72. The molecule has 4 aliphatic heterocycles. The lowest BCUT2D eigenvalue weighted by molar-refractivity contribution is 0.0274. The van der Waals surface area contributed by atoms with Crippen LogP contribution >= 0.6 is 0 Å². The van der Waals surface area contributed by atoms with Gasteiger partial charge < -0.3 is 19.4 Å². The lowest BCUT2D eigenvalue weighted by Gasteiger charge is -2.47. The molecule has 2 unspecified atom stereocenters. The zero-order chi connectivity index (χ0) is 23.9. The molecule has 0 saturated carbocycles. The summed E-state index contributed by atoms with van der Waals surface area (Å²) >= 11 is 0. The van der Waals surface area contributed by atoms with Crippen LogP contribution in [0.4, 0.5) is 15.3 Å². The Morgan fingerprint density at radius 2 is 1.79 bits per heavy atom. The second-order valence-electron chi connectivity index (χ2n) is 10.6. The van der Waals surface area contributed by atoms with Gasteiger partial charge in [0.1, 0.15) is 6.61 Å². The highest BCUT2D eigenvalue weighted by atomic mass is 16.6. The van der Waals surface area contributed by atoms with Crippen LogP contribution in [0.3, 0.4) is 0 Å². The SMILES string of the molecule is C#CCCOC(=O)N1C2CCC1CC(N1CCC3(CC1)CN(C(=O)N(C)C)c1ccccc13)C2. The van der Waals surface area contributed by atoms with Crippen molar-refractivity contribution in [1.29, 1.82) is 0 Å². The number of hydrogen-bond donors (Lipinski definition) is 0. The number of likely N-dealkylation sites (tertiary alicyclic amines) is 1. The van der Waals surface area contributed by atoms with Crippen molar-refractivity contribution in [2.75, 3.05) is 45.2 Å². The van der Waals surface area contributed by atoms with Gasteiger partial charge in [0.15, 0.2) is 0 Å². The molecule has 182 valence electrons. The van der Waals surface area contributed by atoms with Gasteiger partial charge in [-0.05, 0) is 63.2 Å². The number of anilines is 1. The number of carbonyl (C=O) groups excluding carboxylic acids is 2. The maximum Gasteiger partial charge on any atom is 0.410 e. The summed E-state index contributed by atoms with van der Waals surface area (Å²) in [7, 11) is 3.65. The first-order valence-electron chi connectivity index (χ1n) is 12.6. The van der Waals surface area contributed by atoms with Gasteiger partial charge >= 0.3 is 12.1 Å². The third-order valence-electron chi connectivity index (χ3n) is 8.50. The van der Waals surface area contributed by atoms with Gasteiger partial charge in [-0.15, -0.1) is 12.3 Å². The third-order valence-corrected chi connectivity index (χ3v) is 8.50. The van der Waals surface area contributed by atoms with E-state index in [1.807, 2.05) is 30.0 Å². The molecule has 0 aliphatic carbocycles. The van der Waals surface area contributed by atoms with E-state index in [9.17, 15) is 9.59 Å². The summed E-state index contributed by atoms with van der Waals surface area (Å²) in [5, 5.41) is 0. The van der Waals surface area contributed by atoms with E-state index in [1.165, 1.54) is 5.56 Å². The highest BCUT2D eigenvalue weighted by Crippen LogP contribution is 2.48. The van der Waals surface area contributed by atoms with Crippen LogP contribution in [0, 0.1) is 12.3 Å². The first kappa shape index (κ1) is 23.0. The van der Waals surface area contributed by atoms with E-state index < -0.39 is 0 Å². The van der Waals surface area contributed by atoms with Crippen molar-refractivity contribution in [2.24, 2.45) is 0 Å². The van der Waals surface area contributed by atoms with Crippen LogP contribution in [-0.2, 0) is 10.2 Å². The molecule has 2 atom stereocenters. The van der Waals surface area contributed by atoms with Gasteiger partial charge in [0.2, 0.25) is 0 Å². The van der Waals surface area contributed by atoms with E-state index >= 15 is 0 Å². The topological polar surface area (TPSA) is 56.3 Å². The maximum absolute atomic E-state index is 12.9. The number of ether oxygens (including phenoxy) is 1. The molecule has 1 aromatic carbocycles. The normalized spacial score (nSPS) is 27.4. The van der Waals surface area contributed by atoms with Crippen molar-refractivity contribution in [3.8, 4) is 12.3 Å². The Kier molecular flexibility index (Phi) is 6.20. The first-order valence-corrected chi connectivity index (χ1v) is 12.6. The average molecular weight is 465 g/mol. The standard InChI is InChI=1S/C27H36N4O3/c1-4-5-16-34-26(33)31-20-10-11-21(31)18-22(17-20)29-14-12-27(13-15-29)19-30(25(32)28(2)3)24-9-7-6-8-23(24)27/h1,6-9,20-22H,5,10-19H2,2-3H3. The molecule has 0 aromatic heterocycles. The lowest BCUT2D eigenvalue weighted by atomic mass is 9.73. The van der Waals surface area contributed by atoms with Crippen LogP contribution in [0.25, 0.3) is 0 Å². The molecule has 3 saturated heterocycles. The Labute approximate surface area is 203 Å². The number of terminal acetylenes is 1. The molecule has 0 N–H and O–H groups in total. The maximum atomic E-state index is 12.9. The zero-order valence-corrected chi connectivity index (χ0v) is 20.4. The van der Waals surface area contributed by atoms with Crippen molar-refractivity contribution >= 4 is 17.8 Å². The summed E-state index contributed by atoms with van der Waals surface area (Å²) in [6.07, 6.45) is 11.9. The van der Waals surface area contributed by atoms with Gasteiger partial charge in [-0.3, -0.25) is 4.90 Å². The second kappa shape index (κ2) is 9.14. The Morgan fingerprint density at radius 1 is 1.12 bits per heavy atom. The number of para-hydroxylation sites is 1. The van der Waals surface area contributed by atoms with E-state index in [2.05, 4.69) is 29.0 Å². The van der Waals surface area contributed by atoms with Crippen LogP contribution in [0.15, 0.2) is 24.3 Å². The summed E-state index contributed by atoms with van der Waals surface area (Å²) in [6.45, 7) is 3.15. The van der Waals surface area contributed by atoms with E-state index in [4.69, 9.17) is 11.2 Å². The number of urea groups is 1. The Bertz CT molecular complexity index is 964. The van der Waals surface area contributed by atoms with Gasteiger partial charge in [-0.2, -0.15) is 0 Å². The summed E-state index contributed by atoms with van der Waals surface area (Å²) in [6, 6.07) is 9.57. The van der Waals surface area contributed by atoms with Crippen molar-refractivity contribution < 1.29 is 14.3 Å². The molecular formula is C27H36N4O3. The van der Waals surface area contributed by atoms with Crippen LogP contribution in [0.1, 0.15) is 50.5 Å². The van der Waals surface area contributed by atoms with Crippen molar-refractivity contribution in [3.05, 3.63) is 29.8 Å². The van der Waals surface area contributed by atoms with Crippen LogP contribution in [0.2, 0.25) is 0 Å². The number of nitrogens with zero attached hydrogens (tertiary/aromatic N) is 4. The minimum absolute atomic E-state index is 0.0410. The number of fused-ring (bicyclic) bond motifs is 4. The van der Waals surface area contributed by atoms with Crippen molar-refractivity contribution in [2.45, 2.75) is 68.5 Å². The molecule has 7 nitrogen and oxygen atoms in total. The molecule has 3 amide bonds. The monoisotopic (exact) mass is 464 g/mol. The molecule has 1 aromatic rings. The van der Waals surface area contributed by atoms with Crippen LogP contribution in [0.5, 0.6) is 0 Å². The van der Waals surface area contributed by atoms with Gasteiger partial charge in [0.25, 0.3) is 0 Å². The smallest absolute Gasteiger partial charge is 0.410 e. The van der Waals surface area contributed by atoms with Gasteiger partial charge in [0.05, 0.1) is 0 Å². The fraction of sp³-hybridized carbons (Fsp3) is 0.630. The van der Waals surface area contributed by atoms with Gasteiger partial charge in [-0.1, -0.05) is 18.2 Å². The van der Waals surface area contributed by atoms with E-state index in [1.54, 1.807) is 4.90 Å². The first-order chi connectivity index (χ1) is 16.4. The predicted octanol–water partition coefficient (Wildman–Crippen LogP) is 3.68. The third kappa shape index (κ3) is 3.92. The summed E-state index contributed by atoms with van der Waals surface area (Å²) < 4.78 is 5.42. The number of benzene rings is 1. The number of hydrogen-bond acceptors (Lipinski definition) is 4. The number of piperidine rings is 2. The highest BCUT2D eigenvalue weighted by molar-refractivity contribution is 5.95. The molecule has 0 radical (unpaired) electrons. The summed E-state index contributed by atoms with van der Waals surface area (Å²) in [4.78, 5) is 33.8. The Morgan fingerprint density at radius 3 is 2.44 bits per heavy atom. The number of carbonyl (C=O) groups is 2. The largest absolute Gasteiger partial charge is 0.448 e. The molecule has 2 bridgehead atoms. The average Bonchev–Trinajstić information content (AvgIpc) is 3.30. The molecule has 7 heteroatoms. The zero-order valence-electron chi connectivity index (χ0n) is 20.4. The molecule has 3 fully saturated rings. The molecule has 34 heavy (non-hydrogen) atoms. The van der Waals surface area contributed by atoms with Crippen LogP contribution < -0.4 is 4.90 Å². The van der Waals surface area contributed by atoms with E-state index in [0.29, 0.717) is 19.1 Å². The predicted molar refractivity (Wildman–Crippen MR) is 132 cm³/mol. The fourth-order valence-electron chi connectivity index (χ4n) is 6.80. The number of rotatable bonds is 3. The van der Waals surface area contributed by atoms with Crippen molar-refractivity contribution in [3.63, 3.8) is 0 Å². The van der Waals surface area contributed by atoms with Crippen molar-refractivity contribution in [1.82, 2.24) is 14.7 Å². The summed E-state index contributed by atoms with van der Waals surface area (Å²) in [5.74, 6) is 2.53. The van der Waals surface area contributed by atoms with Gasteiger partial charge in [0, 0.05) is 56.3 Å². The number of amides is 3.